The molecule has 0 atom stereocenters. The van der Waals surface area contributed by atoms with Gasteiger partial charge in [-0.25, -0.2) is 13.8 Å². The van der Waals surface area contributed by atoms with Crippen LogP contribution in [0.5, 0.6) is 0 Å². The fraction of sp³-hybridized carbons (Fsp3) is 0.417. The minimum absolute atomic E-state index is 0.116. The molecule has 1 fully saturated rings. The lowest BCUT2D eigenvalue weighted by atomic mass is 10.1. The standard InChI is InChI=1S/C12H14F2N2/c13-9-5-6-11(10(14)7-9)16-12(15)8-3-1-2-4-8/h5-8H,1-4H2,(H2,15,16). The van der Waals surface area contributed by atoms with E-state index in [1.807, 2.05) is 0 Å². The van der Waals surface area contributed by atoms with Gasteiger partial charge in [0.1, 0.15) is 17.3 Å². The van der Waals surface area contributed by atoms with Crippen LogP contribution in [-0.2, 0) is 0 Å². The van der Waals surface area contributed by atoms with E-state index >= 15 is 0 Å². The summed E-state index contributed by atoms with van der Waals surface area (Å²) in [6.45, 7) is 0. The summed E-state index contributed by atoms with van der Waals surface area (Å²) in [5, 5.41) is 0. The predicted octanol–water partition coefficient (Wildman–Crippen LogP) is 3.14. The van der Waals surface area contributed by atoms with Crippen LogP contribution in [0.3, 0.4) is 0 Å². The SMILES string of the molecule is NC(=Nc1ccc(F)cc1F)C1CCCC1. The number of halogens is 2. The first-order chi connectivity index (χ1) is 7.66. The third-order valence-electron chi connectivity index (χ3n) is 2.93. The predicted molar refractivity (Wildman–Crippen MR) is 59.6 cm³/mol. The third kappa shape index (κ3) is 2.38. The van der Waals surface area contributed by atoms with Crippen LogP contribution in [0.25, 0.3) is 0 Å². The molecule has 0 aromatic heterocycles. The first-order valence-corrected chi connectivity index (χ1v) is 5.46. The summed E-state index contributed by atoms with van der Waals surface area (Å²) in [6, 6.07) is 3.32. The van der Waals surface area contributed by atoms with Gasteiger partial charge in [-0.15, -0.1) is 0 Å². The van der Waals surface area contributed by atoms with Gasteiger partial charge >= 0.3 is 0 Å². The topological polar surface area (TPSA) is 38.4 Å². The molecule has 0 unspecified atom stereocenters. The van der Waals surface area contributed by atoms with Crippen molar-refractivity contribution in [3.8, 4) is 0 Å². The fourth-order valence-corrected chi connectivity index (χ4v) is 2.02. The Labute approximate surface area is 93.2 Å². The quantitative estimate of drug-likeness (QED) is 0.608. The van der Waals surface area contributed by atoms with Crippen molar-refractivity contribution < 1.29 is 8.78 Å². The molecule has 0 saturated heterocycles. The van der Waals surface area contributed by atoms with Crippen LogP contribution >= 0.6 is 0 Å². The monoisotopic (exact) mass is 224 g/mol. The van der Waals surface area contributed by atoms with Crippen molar-refractivity contribution >= 4 is 11.5 Å². The molecule has 86 valence electrons. The molecular formula is C12H14F2N2. The lowest BCUT2D eigenvalue weighted by molar-refractivity contribution is 0.584. The van der Waals surface area contributed by atoms with Crippen molar-refractivity contribution in [1.29, 1.82) is 0 Å². The molecule has 16 heavy (non-hydrogen) atoms. The zero-order chi connectivity index (χ0) is 11.5. The van der Waals surface area contributed by atoms with E-state index in [1.54, 1.807) is 0 Å². The molecule has 2 nitrogen and oxygen atoms in total. The van der Waals surface area contributed by atoms with E-state index in [4.69, 9.17) is 5.73 Å². The number of nitrogens with two attached hydrogens (primary N) is 1. The number of hydrogen-bond acceptors (Lipinski definition) is 1. The number of rotatable bonds is 2. The summed E-state index contributed by atoms with van der Waals surface area (Å²) >= 11 is 0. The van der Waals surface area contributed by atoms with Crippen LogP contribution in [0.2, 0.25) is 0 Å². The third-order valence-corrected chi connectivity index (χ3v) is 2.93. The van der Waals surface area contributed by atoms with Crippen LogP contribution in [0.15, 0.2) is 23.2 Å². The molecule has 2 N–H and O–H groups in total. The maximum absolute atomic E-state index is 13.3. The fourth-order valence-electron chi connectivity index (χ4n) is 2.02. The highest BCUT2D eigenvalue weighted by atomic mass is 19.1. The summed E-state index contributed by atoms with van der Waals surface area (Å²) in [7, 11) is 0. The Balaban J connectivity index is 2.20. The Morgan fingerprint density at radius 3 is 2.56 bits per heavy atom. The van der Waals surface area contributed by atoms with E-state index in [0.717, 1.165) is 31.7 Å². The van der Waals surface area contributed by atoms with Crippen molar-refractivity contribution in [3.05, 3.63) is 29.8 Å². The minimum atomic E-state index is -0.666. The van der Waals surface area contributed by atoms with Crippen molar-refractivity contribution in [2.45, 2.75) is 25.7 Å². The van der Waals surface area contributed by atoms with Crippen molar-refractivity contribution in [2.75, 3.05) is 0 Å². The second-order valence-corrected chi connectivity index (χ2v) is 4.11. The van der Waals surface area contributed by atoms with E-state index in [0.29, 0.717) is 5.84 Å². The number of amidine groups is 1. The zero-order valence-corrected chi connectivity index (χ0v) is 8.92. The minimum Gasteiger partial charge on any atom is -0.387 e. The van der Waals surface area contributed by atoms with Gasteiger partial charge in [-0.2, -0.15) is 0 Å². The van der Waals surface area contributed by atoms with Gasteiger partial charge in [0, 0.05) is 12.0 Å². The van der Waals surface area contributed by atoms with E-state index in [2.05, 4.69) is 4.99 Å². The summed E-state index contributed by atoms with van der Waals surface area (Å²) < 4.78 is 26.0. The number of benzene rings is 1. The Kier molecular flexibility index (Phi) is 3.17. The molecule has 1 aromatic rings. The summed E-state index contributed by atoms with van der Waals surface area (Å²) in [5.74, 6) is -0.552. The van der Waals surface area contributed by atoms with Gasteiger partial charge in [0.05, 0.1) is 0 Å². The molecule has 1 aliphatic carbocycles. The van der Waals surface area contributed by atoms with Gasteiger partial charge < -0.3 is 5.73 Å². The molecule has 0 heterocycles. The van der Waals surface area contributed by atoms with Gasteiger partial charge in [0.15, 0.2) is 5.82 Å². The Morgan fingerprint density at radius 2 is 1.94 bits per heavy atom. The number of hydrogen-bond donors (Lipinski definition) is 1. The van der Waals surface area contributed by atoms with Crippen molar-refractivity contribution in [2.24, 2.45) is 16.6 Å². The van der Waals surface area contributed by atoms with E-state index < -0.39 is 11.6 Å². The summed E-state index contributed by atoms with van der Waals surface area (Å²) in [5.41, 5.74) is 5.92. The zero-order valence-electron chi connectivity index (χ0n) is 8.92. The van der Waals surface area contributed by atoms with Crippen molar-refractivity contribution in [1.82, 2.24) is 0 Å². The van der Waals surface area contributed by atoms with E-state index in [1.165, 1.54) is 12.1 Å². The van der Waals surface area contributed by atoms with Crippen LogP contribution in [0.1, 0.15) is 25.7 Å². The molecule has 0 aliphatic heterocycles. The van der Waals surface area contributed by atoms with Crippen LogP contribution in [0, 0.1) is 17.6 Å². The highest BCUT2D eigenvalue weighted by Gasteiger charge is 2.18. The smallest absolute Gasteiger partial charge is 0.151 e. The van der Waals surface area contributed by atoms with E-state index in [9.17, 15) is 8.78 Å². The Bertz CT molecular complexity index is 409. The maximum Gasteiger partial charge on any atom is 0.151 e. The molecule has 1 saturated carbocycles. The van der Waals surface area contributed by atoms with Crippen LogP contribution < -0.4 is 5.73 Å². The molecule has 0 spiro atoms. The molecule has 1 aliphatic rings. The van der Waals surface area contributed by atoms with Gasteiger partial charge in [-0.1, -0.05) is 12.8 Å². The van der Waals surface area contributed by atoms with E-state index in [-0.39, 0.29) is 11.6 Å². The second kappa shape index (κ2) is 4.60. The van der Waals surface area contributed by atoms with Crippen LogP contribution in [0.4, 0.5) is 14.5 Å². The summed E-state index contributed by atoms with van der Waals surface area (Å²) in [4.78, 5) is 4.03. The Hall–Kier alpha value is -1.45. The lowest BCUT2D eigenvalue weighted by Crippen LogP contribution is -2.20. The highest BCUT2D eigenvalue weighted by molar-refractivity contribution is 5.85. The molecule has 4 heteroatoms. The molecular weight excluding hydrogens is 210 g/mol. The van der Waals surface area contributed by atoms with Crippen LogP contribution in [-0.4, -0.2) is 5.84 Å². The summed E-state index contributed by atoms with van der Waals surface area (Å²) in [6.07, 6.45) is 4.32. The maximum atomic E-state index is 13.3. The van der Waals surface area contributed by atoms with Crippen molar-refractivity contribution in [3.63, 3.8) is 0 Å². The number of aliphatic imine (C=N–C) groups is 1. The number of nitrogens with zero attached hydrogens (tertiary/aromatic N) is 1. The lowest BCUT2D eigenvalue weighted by Gasteiger charge is -2.08. The van der Waals surface area contributed by atoms with Gasteiger partial charge in [-0.3, -0.25) is 0 Å². The molecule has 0 radical (unpaired) electrons. The molecule has 0 bridgehead atoms. The van der Waals surface area contributed by atoms with Gasteiger partial charge in [0.25, 0.3) is 0 Å². The van der Waals surface area contributed by atoms with Gasteiger partial charge in [-0.05, 0) is 25.0 Å². The average Bonchev–Trinajstić information content (AvgIpc) is 2.75. The second-order valence-electron chi connectivity index (χ2n) is 4.11. The molecule has 0 amide bonds. The largest absolute Gasteiger partial charge is 0.387 e. The normalized spacial score (nSPS) is 18.0. The Morgan fingerprint density at radius 1 is 1.25 bits per heavy atom. The molecule has 1 aromatic carbocycles. The molecule has 2 rings (SSSR count). The van der Waals surface area contributed by atoms with Gasteiger partial charge in [0.2, 0.25) is 0 Å². The first kappa shape index (κ1) is 11.0. The first-order valence-electron chi connectivity index (χ1n) is 5.46. The highest BCUT2D eigenvalue weighted by Crippen LogP contribution is 2.27. The average molecular weight is 224 g/mol.